The van der Waals surface area contributed by atoms with Crippen LogP contribution in [0.4, 0.5) is 0 Å². The Hall–Kier alpha value is -1.39. The zero-order chi connectivity index (χ0) is 15.6. The second-order valence-corrected chi connectivity index (χ2v) is 6.55. The molecule has 3 rings (SSSR count). The minimum absolute atomic E-state index is 0.0204. The molecule has 1 aromatic rings. The quantitative estimate of drug-likeness (QED) is 0.837. The van der Waals surface area contributed by atoms with Gasteiger partial charge >= 0.3 is 0 Å². The number of nitrogens with zero attached hydrogens (tertiary/aromatic N) is 1. The minimum Gasteiger partial charge on any atom is -0.396 e. The highest BCUT2D eigenvalue weighted by Gasteiger charge is 2.60. The Bertz CT molecular complexity index is 545. The van der Waals surface area contributed by atoms with E-state index in [0.29, 0.717) is 19.5 Å². The number of carbonyl (C=O) groups is 1. The van der Waals surface area contributed by atoms with Crippen LogP contribution in [0.15, 0.2) is 24.3 Å². The standard InChI is InChI=1S/C18H25NO3/c20-11-4-9-19(10-12-21)17(22)16-13-18(16)8-3-6-14-5-1-2-7-15(14)18/h1-2,5,7,16,20-21H,3-4,6,8-13H2. The van der Waals surface area contributed by atoms with E-state index >= 15 is 0 Å². The molecular formula is C18H25NO3. The Kier molecular flexibility index (Phi) is 4.50. The van der Waals surface area contributed by atoms with Crippen molar-refractivity contribution in [3.05, 3.63) is 35.4 Å². The van der Waals surface area contributed by atoms with Crippen LogP contribution in [0.3, 0.4) is 0 Å². The van der Waals surface area contributed by atoms with E-state index in [2.05, 4.69) is 24.3 Å². The first-order valence-electron chi connectivity index (χ1n) is 8.32. The third-order valence-corrected chi connectivity index (χ3v) is 5.26. The van der Waals surface area contributed by atoms with E-state index in [9.17, 15) is 9.90 Å². The minimum atomic E-state index is -0.0204. The van der Waals surface area contributed by atoms with E-state index in [1.165, 1.54) is 11.1 Å². The van der Waals surface area contributed by atoms with E-state index in [-0.39, 0.29) is 30.5 Å². The first-order chi connectivity index (χ1) is 10.7. The van der Waals surface area contributed by atoms with Crippen LogP contribution in [0.25, 0.3) is 0 Å². The largest absolute Gasteiger partial charge is 0.396 e. The fraction of sp³-hybridized carbons (Fsp3) is 0.611. The summed E-state index contributed by atoms with van der Waals surface area (Å²) in [7, 11) is 0. The topological polar surface area (TPSA) is 60.8 Å². The van der Waals surface area contributed by atoms with Crippen LogP contribution < -0.4 is 0 Å². The average molecular weight is 303 g/mol. The van der Waals surface area contributed by atoms with Crippen molar-refractivity contribution >= 4 is 5.91 Å². The molecule has 1 fully saturated rings. The average Bonchev–Trinajstić information content (AvgIpc) is 3.26. The Balaban J connectivity index is 1.77. The van der Waals surface area contributed by atoms with Crippen LogP contribution in [0.5, 0.6) is 0 Å². The lowest BCUT2D eigenvalue weighted by molar-refractivity contribution is -0.133. The number of aliphatic hydroxyl groups is 2. The highest BCUT2D eigenvalue weighted by Crippen LogP contribution is 2.60. The van der Waals surface area contributed by atoms with E-state index < -0.39 is 0 Å². The number of aryl methyl sites for hydroxylation is 1. The Morgan fingerprint density at radius 2 is 2.05 bits per heavy atom. The van der Waals surface area contributed by atoms with Crippen molar-refractivity contribution in [2.75, 3.05) is 26.3 Å². The number of hydrogen-bond acceptors (Lipinski definition) is 3. The predicted molar refractivity (Wildman–Crippen MR) is 84.5 cm³/mol. The number of rotatable bonds is 6. The van der Waals surface area contributed by atoms with Crippen LogP contribution in [0.1, 0.15) is 36.8 Å². The number of amides is 1. The number of hydrogen-bond donors (Lipinski definition) is 2. The second-order valence-electron chi connectivity index (χ2n) is 6.55. The van der Waals surface area contributed by atoms with Gasteiger partial charge < -0.3 is 15.1 Å². The van der Waals surface area contributed by atoms with Crippen LogP contribution in [-0.2, 0) is 16.6 Å². The summed E-state index contributed by atoms with van der Waals surface area (Å²) in [6, 6.07) is 8.53. The molecule has 1 aromatic carbocycles. The molecule has 2 aliphatic rings. The molecule has 2 atom stereocenters. The molecule has 2 unspecified atom stereocenters. The maximum Gasteiger partial charge on any atom is 0.226 e. The van der Waals surface area contributed by atoms with Crippen molar-refractivity contribution in [1.29, 1.82) is 0 Å². The van der Waals surface area contributed by atoms with Gasteiger partial charge in [0.2, 0.25) is 5.91 Å². The normalized spacial score (nSPS) is 25.8. The Labute approximate surface area is 131 Å². The molecule has 4 nitrogen and oxygen atoms in total. The molecule has 0 aliphatic heterocycles. The molecule has 4 heteroatoms. The van der Waals surface area contributed by atoms with E-state index in [1.54, 1.807) is 4.90 Å². The molecule has 0 radical (unpaired) electrons. The fourth-order valence-corrected chi connectivity index (χ4v) is 4.09. The summed E-state index contributed by atoms with van der Waals surface area (Å²) in [6.07, 6.45) is 4.86. The maximum atomic E-state index is 12.8. The van der Waals surface area contributed by atoms with Crippen molar-refractivity contribution in [1.82, 2.24) is 4.90 Å². The number of fused-ring (bicyclic) bond motifs is 2. The van der Waals surface area contributed by atoms with Gasteiger partial charge in [-0.15, -0.1) is 0 Å². The second kappa shape index (κ2) is 6.39. The van der Waals surface area contributed by atoms with Crippen LogP contribution in [0, 0.1) is 5.92 Å². The van der Waals surface area contributed by atoms with Crippen molar-refractivity contribution in [2.45, 2.75) is 37.5 Å². The Morgan fingerprint density at radius 3 is 2.82 bits per heavy atom. The summed E-state index contributed by atoms with van der Waals surface area (Å²) in [6.45, 7) is 0.957. The van der Waals surface area contributed by atoms with Crippen LogP contribution in [0.2, 0.25) is 0 Å². The molecular weight excluding hydrogens is 278 g/mol. The van der Waals surface area contributed by atoms with Crippen LogP contribution in [-0.4, -0.2) is 47.3 Å². The fourth-order valence-electron chi connectivity index (χ4n) is 4.09. The Morgan fingerprint density at radius 1 is 1.23 bits per heavy atom. The van der Waals surface area contributed by atoms with Gasteiger partial charge in [-0.1, -0.05) is 24.3 Å². The van der Waals surface area contributed by atoms with Crippen molar-refractivity contribution in [3.8, 4) is 0 Å². The molecule has 0 aromatic heterocycles. The van der Waals surface area contributed by atoms with Gasteiger partial charge in [0, 0.05) is 31.0 Å². The van der Waals surface area contributed by atoms with Gasteiger partial charge in [-0.3, -0.25) is 4.79 Å². The molecule has 2 N–H and O–H groups in total. The predicted octanol–water partition coefficient (Wildman–Crippen LogP) is 1.48. The SMILES string of the molecule is O=C(C1CC12CCCc1ccccc12)N(CCO)CCCO. The molecule has 1 saturated carbocycles. The molecule has 0 saturated heterocycles. The highest BCUT2D eigenvalue weighted by atomic mass is 16.3. The summed E-state index contributed by atoms with van der Waals surface area (Å²) in [4.78, 5) is 14.5. The highest BCUT2D eigenvalue weighted by molar-refractivity contribution is 5.84. The monoisotopic (exact) mass is 303 g/mol. The van der Waals surface area contributed by atoms with E-state index in [0.717, 1.165) is 25.7 Å². The zero-order valence-electron chi connectivity index (χ0n) is 13.0. The van der Waals surface area contributed by atoms with Gasteiger partial charge in [-0.25, -0.2) is 0 Å². The molecule has 2 aliphatic carbocycles. The maximum absolute atomic E-state index is 12.8. The van der Waals surface area contributed by atoms with Crippen LogP contribution >= 0.6 is 0 Å². The van der Waals surface area contributed by atoms with Gasteiger partial charge in [-0.2, -0.15) is 0 Å². The molecule has 0 bridgehead atoms. The zero-order valence-corrected chi connectivity index (χ0v) is 13.0. The van der Waals surface area contributed by atoms with Crippen molar-refractivity contribution in [2.24, 2.45) is 5.92 Å². The summed E-state index contributed by atoms with van der Waals surface area (Å²) in [5.41, 5.74) is 2.80. The lowest BCUT2D eigenvalue weighted by atomic mass is 9.78. The van der Waals surface area contributed by atoms with Gasteiger partial charge in [0.25, 0.3) is 0 Å². The van der Waals surface area contributed by atoms with Gasteiger partial charge in [0.15, 0.2) is 0 Å². The number of aliphatic hydroxyl groups excluding tert-OH is 2. The lowest BCUT2D eigenvalue weighted by Crippen LogP contribution is -2.38. The van der Waals surface area contributed by atoms with E-state index in [1.807, 2.05) is 0 Å². The third kappa shape index (κ3) is 2.66. The first kappa shape index (κ1) is 15.5. The summed E-state index contributed by atoms with van der Waals surface area (Å²) >= 11 is 0. The van der Waals surface area contributed by atoms with Crippen molar-refractivity contribution in [3.63, 3.8) is 0 Å². The summed E-state index contributed by atoms with van der Waals surface area (Å²) in [5.74, 6) is 0.207. The van der Waals surface area contributed by atoms with Gasteiger partial charge in [0.05, 0.1) is 6.61 Å². The first-order valence-corrected chi connectivity index (χ1v) is 8.32. The summed E-state index contributed by atoms with van der Waals surface area (Å²) in [5, 5.41) is 18.2. The molecule has 0 heterocycles. The molecule has 120 valence electrons. The third-order valence-electron chi connectivity index (χ3n) is 5.26. The smallest absolute Gasteiger partial charge is 0.226 e. The van der Waals surface area contributed by atoms with Gasteiger partial charge in [-0.05, 0) is 43.2 Å². The number of benzene rings is 1. The molecule has 1 amide bonds. The van der Waals surface area contributed by atoms with E-state index in [4.69, 9.17) is 5.11 Å². The van der Waals surface area contributed by atoms with Crippen molar-refractivity contribution < 1.29 is 15.0 Å². The summed E-state index contributed by atoms with van der Waals surface area (Å²) < 4.78 is 0. The van der Waals surface area contributed by atoms with Gasteiger partial charge in [0.1, 0.15) is 0 Å². The lowest BCUT2D eigenvalue weighted by Gasteiger charge is -2.28. The molecule has 22 heavy (non-hydrogen) atoms. The number of carbonyl (C=O) groups excluding carboxylic acids is 1. The molecule has 1 spiro atoms.